The third kappa shape index (κ3) is 3.38. The van der Waals surface area contributed by atoms with Crippen LogP contribution in [0.25, 0.3) is 0 Å². The van der Waals surface area contributed by atoms with Crippen LogP contribution in [-0.2, 0) is 9.59 Å². The van der Waals surface area contributed by atoms with Crippen LogP contribution in [0.4, 0.5) is 0 Å². The molecular formula is C9H14N2O2. The minimum absolute atomic E-state index is 0.127. The first-order chi connectivity index (χ1) is 6.59. The van der Waals surface area contributed by atoms with Crippen LogP contribution in [0.1, 0.15) is 6.92 Å². The number of ketones is 1. The second kappa shape index (κ2) is 4.77. The van der Waals surface area contributed by atoms with Gasteiger partial charge in [0.2, 0.25) is 5.91 Å². The first kappa shape index (κ1) is 8.44. The van der Waals surface area contributed by atoms with Gasteiger partial charge >= 0.3 is 0 Å². The third-order valence-corrected chi connectivity index (χ3v) is 1.83. The molecule has 0 atom stereocenters. The lowest BCUT2D eigenvalue weighted by molar-refractivity contribution is -0.126. The van der Waals surface area contributed by atoms with Gasteiger partial charge in [0.05, 0.1) is 0 Å². The van der Waals surface area contributed by atoms with E-state index in [0.29, 0.717) is 26.2 Å². The molecule has 0 aromatic heterocycles. The van der Waals surface area contributed by atoms with Gasteiger partial charge in [-0.25, -0.2) is 0 Å². The molecule has 1 fully saturated rings. The van der Waals surface area contributed by atoms with E-state index in [1.54, 1.807) is 4.90 Å². The predicted molar refractivity (Wildman–Crippen MR) is 49.3 cm³/mol. The van der Waals surface area contributed by atoms with Crippen molar-refractivity contribution in [3.05, 3.63) is 12.2 Å². The van der Waals surface area contributed by atoms with Gasteiger partial charge in [0.15, 0.2) is 5.78 Å². The predicted octanol–water partition coefficient (Wildman–Crippen LogP) is -0.437. The van der Waals surface area contributed by atoms with Crippen LogP contribution in [0, 0.1) is 0 Å². The summed E-state index contributed by atoms with van der Waals surface area (Å²) in [6.07, 6.45) is 2.57. The Balaban J connectivity index is 2.42. The Morgan fingerprint density at radius 2 is 2.00 bits per heavy atom. The first-order valence-electron chi connectivity index (χ1n) is 4.75. The number of nitrogens with zero attached hydrogens (tertiary/aromatic N) is 1. The highest BCUT2D eigenvalue weighted by molar-refractivity contribution is 5.96. The second-order valence-electron chi connectivity index (χ2n) is 2.94. The molecule has 0 saturated carbocycles. The van der Waals surface area contributed by atoms with Crippen molar-refractivity contribution in [1.29, 1.82) is 0 Å². The van der Waals surface area contributed by atoms with Gasteiger partial charge in [-0.05, 0) is 13.0 Å². The Hall–Kier alpha value is -1.16. The summed E-state index contributed by atoms with van der Waals surface area (Å²) >= 11 is 0. The summed E-state index contributed by atoms with van der Waals surface area (Å²) in [5.41, 5.74) is 0. The maximum Gasteiger partial charge on any atom is 0.246 e. The molecule has 1 rings (SSSR count). The highest BCUT2D eigenvalue weighted by Gasteiger charge is 2.12. The largest absolute Gasteiger partial charge is 0.337 e. The van der Waals surface area contributed by atoms with E-state index in [9.17, 15) is 9.59 Å². The summed E-state index contributed by atoms with van der Waals surface area (Å²) in [4.78, 5) is 23.6. The number of amides is 1. The molecule has 4 heteroatoms. The van der Waals surface area contributed by atoms with Crippen LogP contribution in [-0.4, -0.2) is 42.8 Å². The van der Waals surface area contributed by atoms with Gasteiger partial charge in [-0.15, -0.1) is 0 Å². The van der Waals surface area contributed by atoms with Crippen LogP contribution < -0.4 is 5.31 Å². The van der Waals surface area contributed by atoms with Crippen LogP contribution in [0.5, 0.6) is 0 Å². The topological polar surface area (TPSA) is 49.4 Å². The summed E-state index contributed by atoms with van der Waals surface area (Å²) in [5, 5.41) is 1.43. The van der Waals surface area contributed by atoms with Crippen LogP contribution in [0.3, 0.4) is 0 Å². The monoisotopic (exact) mass is 183 g/mol. The van der Waals surface area contributed by atoms with E-state index >= 15 is 0 Å². The third-order valence-electron chi connectivity index (χ3n) is 1.83. The molecule has 1 amide bonds. The lowest BCUT2D eigenvalue weighted by Gasteiger charge is -2.26. The van der Waals surface area contributed by atoms with Crippen molar-refractivity contribution < 1.29 is 11.0 Å². The Morgan fingerprint density at radius 3 is 2.54 bits per heavy atom. The Morgan fingerprint density at radius 1 is 1.38 bits per heavy atom. The number of carbonyl (C=O) groups is 2. The molecule has 1 N–H and O–H groups in total. The SMILES string of the molecule is [2H]N1CCN(C(=O)C=CC(C)=O)CC1. The highest BCUT2D eigenvalue weighted by Crippen LogP contribution is 1.94. The maximum atomic E-state index is 11.4. The molecular weight excluding hydrogens is 168 g/mol. The van der Waals surface area contributed by atoms with Gasteiger partial charge in [-0.2, -0.15) is 0 Å². The smallest absolute Gasteiger partial charge is 0.246 e. The van der Waals surface area contributed by atoms with E-state index < -0.39 is 0 Å². The second-order valence-corrected chi connectivity index (χ2v) is 2.94. The fraction of sp³-hybridized carbons (Fsp3) is 0.556. The lowest BCUT2D eigenvalue weighted by atomic mass is 10.3. The average Bonchev–Trinajstić information content (AvgIpc) is 2.15. The average molecular weight is 183 g/mol. The summed E-state index contributed by atoms with van der Waals surface area (Å²) in [5.74, 6) is -0.272. The summed E-state index contributed by atoms with van der Waals surface area (Å²) in [7, 11) is 0. The number of rotatable bonds is 2. The number of hydrogen-bond acceptors (Lipinski definition) is 3. The minimum atomic E-state index is -0.145. The van der Waals surface area contributed by atoms with Crippen molar-refractivity contribution in [3.8, 4) is 0 Å². The first-order valence-corrected chi connectivity index (χ1v) is 4.31. The standard InChI is InChI=1S/C9H14N2O2/c1-8(12)2-3-9(13)11-6-4-10-5-7-11/h2-3,10H,4-7H2,1H3/i/hD. The molecule has 0 unspecified atom stereocenters. The van der Waals surface area contributed by atoms with E-state index in [1.165, 1.54) is 24.4 Å². The zero-order valence-electron chi connectivity index (χ0n) is 8.69. The molecule has 1 aliphatic heterocycles. The summed E-state index contributed by atoms with van der Waals surface area (Å²) in [6, 6.07) is 0. The van der Waals surface area contributed by atoms with E-state index in [-0.39, 0.29) is 11.7 Å². The van der Waals surface area contributed by atoms with Crippen molar-refractivity contribution in [1.82, 2.24) is 10.2 Å². The van der Waals surface area contributed by atoms with Gasteiger partial charge in [0, 0.05) is 32.3 Å². The van der Waals surface area contributed by atoms with Crippen molar-refractivity contribution >= 4 is 11.7 Å². The summed E-state index contributed by atoms with van der Waals surface area (Å²) in [6.45, 7) is 3.67. The molecule has 0 radical (unpaired) electrons. The molecule has 72 valence electrons. The zero-order valence-corrected chi connectivity index (χ0v) is 7.69. The quantitative estimate of drug-likeness (QED) is 0.591. The van der Waals surface area contributed by atoms with Gasteiger partial charge in [-0.1, -0.05) is 0 Å². The van der Waals surface area contributed by atoms with Gasteiger partial charge < -0.3 is 10.2 Å². The maximum absolute atomic E-state index is 11.4. The summed E-state index contributed by atoms with van der Waals surface area (Å²) < 4.78 is 7.30. The molecule has 1 saturated heterocycles. The van der Waals surface area contributed by atoms with Crippen molar-refractivity contribution in [2.75, 3.05) is 26.2 Å². The fourth-order valence-corrected chi connectivity index (χ4v) is 1.12. The molecule has 0 aromatic carbocycles. The molecule has 0 aliphatic carbocycles. The lowest BCUT2D eigenvalue weighted by Crippen LogP contribution is -2.45. The molecule has 13 heavy (non-hydrogen) atoms. The Bertz CT molecular complexity index is 258. The molecule has 0 spiro atoms. The number of allylic oxidation sites excluding steroid dienone is 1. The highest BCUT2D eigenvalue weighted by atomic mass is 16.2. The van der Waals surface area contributed by atoms with Crippen molar-refractivity contribution in [3.63, 3.8) is 0 Å². The number of hydrogen-bond donors (Lipinski definition) is 1. The van der Waals surface area contributed by atoms with Crippen LogP contribution in [0.15, 0.2) is 12.2 Å². The van der Waals surface area contributed by atoms with Gasteiger partial charge in [-0.3, -0.25) is 9.59 Å². The number of nitrogens with one attached hydrogen (secondary N) is 1. The fourth-order valence-electron chi connectivity index (χ4n) is 1.12. The zero-order chi connectivity index (χ0) is 10.6. The van der Waals surface area contributed by atoms with E-state index in [4.69, 9.17) is 1.41 Å². The molecule has 0 bridgehead atoms. The van der Waals surface area contributed by atoms with E-state index in [0.717, 1.165) is 0 Å². The van der Waals surface area contributed by atoms with Crippen molar-refractivity contribution in [2.45, 2.75) is 6.92 Å². The molecule has 4 nitrogen and oxygen atoms in total. The van der Waals surface area contributed by atoms with Crippen LogP contribution in [0.2, 0.25) is 1.41 Å². The van der Waals surface area contributed by atoms with Gasteiger partial charge in [0.25, 0.3) is 0 Å². The number of piperazine rings is 1. The Kier molecular flexibility index (Phi) is 3.09. The molecule has 0 aromatic rings. The molecule has 1 heterocycles. The Labute approximate surface area is 79.1 Å². The van der Waals surface area contributed by atoms with Crippen LogP contribution >= 0.6 is 0 Å². The number of carbonyl (C=O) groups excluding carboxylic acids is 2. The van der Waals surface area contributed by atoms with Crippen molar-refractivity contribution in [2.24, 2.45) is 0 Å². The minimum Gasteiger partial charge on any atom is -0.337 e. The van der Waals surface area contributed by atoms with Gasteiger partial charge in [0.1, 0.15) is 1.41 Å². The normalized spacial score (nSPS) is 20.4. The van der Waals surface area contributed by atoms with E-state index in [1.807, 2.05) is 0 Å². The van der Waals surface area contributed by atoms with E-state index in [2.05, 4.69) is 0 Å². The molecule has 1 aliphatic rings.